The van der Waals surface area contributed by atoms with Gasteiger partial charge in [-0.1, -0.05) is 6.92 Å². The molecule has 0 aromatic carbocycles. The van der Waals surface area contributed by atoms with Gasteiger partial charge in [0, 0.05) is 25.8 Å². The minimum atomic E-state index is 0.429. The number of hydrogen-bond donors (Lipinski definition) is 1. The van der Waals surface area contributed by atoms with E-state index in [2.05, 4.69) is 21.8 Å². The van der Waals surface area contributed by atoms with Crippen LogP contribution in [0.1, 0.15) is 32.5 Å². The smallest absolute Gasteiger partial charge is 0.158 e. The second-order valence-corrected chi connectivity index (χ2v) is 4.87. The summed E-state index contributed by atoms with van der Waals surface area (Å²) < 4.78 is 5.33. The van der Waals surface area contributed by atoms with Crippen LogP contribution in [0.4, 0.5) is 11.6 Å². The van der Waals surface area contributed by atoms with Gasteiger partial charge >= 0.3 is 0 Å². The average molecular weight is 250 g/mol. The largest absolute Gasteiger partial charge is 0.384 e. The van der Waals surface area contributed by atoms with Crippen molar-refractivity contribution in [3.05, 3.63) is 11.9 Å². The molecule has 5 heteroatoms. The molecule has 0 amide bonds. The Bertz CT molecular complexity index is 389. The Hall–Kier alpha value is -1.36. The third kappa shape index (κ3) is 3.32. The predicted octanol–water partition coefficient (Wildman–Crippen LogP) is 1.83. The summed E-state index contributed by atoms with van der Waals surface area (Å²) in [5.74, 6) is 2.94. The van der Waals surface area contributed by atoms with Gasteiger partial charge < -0.3 is 15.4 Å². The molecular weight excluding hydrogens is 228 g/mol. The molecule has 0 unspecified atom stereocenters. The fourth-order valence-corrected chi connectivity index (χ4v) is 2.16. The first-order valence-electron chi connectivity index (χ1n) is 6.65. The summed E-state index contributed by atoms with van der Waals surface area (Å²) in [7, 11) is 0. The maximum atomic E-state index is 5.83. The molecule has 2 N–H and O–H groups in total. The zero-order valence-corrected chi connectivity index (χ0v) is 11.2. The van der Waals surface area contributed by atoms with E-state index >= 15 is 0 Å². The molecule has 1 aliphatic heterocycles. The lowest BCUT2D eigenvalue weighted by atomic mass is 9.99. The molecule has 18 heavy (non-hydrogen) atoms. The molecule has 2 rings (SSSR count). The lowest BCUT2D eigenvalue weighted by Crippen LogP contribution is -2.33. The molecular formula is C13H22N4O. The van der Waals surface area contributed by atoms with Gasteiger partial charge in [0.1, 0.15) is 18.2 Å². The fourth-order valence-electron chi connectivity index (χ4n) is 2.16. The lowest BCUT2D eigenvalue weighted by molar-refractivity contribution is 0.128. The molecule has 0 radical (unpaired) electrons. The topological polar surface area (TPSA) is 64.3 Å². The Morgan fingerprint density at radius 2 is 2.11 bits per heavy atom. The molecule has 0 spiro atoms. The van der Waals surface area contributed by atoms with Crippen LogP contribution >= 0.6 is 0 Å². The first-order chi connectivity index (χ1) is 8.69. The Morgan fingerprint density at radius 1 is 1.39 bits per heavy atom. The average Bonchev–Trinajstić information content (AvgIpc) is 2.36. The number of nitrogens with two attached hydrogens (primary N) is 1. The zero-order valence-electron chi connectivity index (χ0n) is 11.2. The highest BCUT2D eigenvalue weighted by Gasteiger charge is 2.18. The number of piperidine rings is 1. The molecule has 1 fully saturated rings. The van der Waals surface area contributed by atoms with Gasteiger partial charge in [0.15, 0.2) is 5.82 Å². The molecule has 5 nitrogen and oxygen atoms in total. The molecule has 0 bridgehead atoms. The fraction of sp³-hybridized carbons (Fsp3) is 0.692. The van der Waals surface area contributed by atoms with E-state index in [-0.39, 0.29) is 0 Å². The van der Waals surface area contributed by atoms with Gasteiger partial charge in [-0.25, -0.2) is 9.97 Å². The summed E-state index contributed by atoms with van der Waals surface area (Å²) in [4.78, 5) is 11.0. The van der Waals surface area contributed by atoms with Crippen LogP contribution in [0.2, 0.25) is 0 Å². The molecule has 1 aliphatic rings. The minimum Gasteiger partial charge on any atom is -0.384 e. The van der Waals surface area contributed by atoms with Crippen LogP contribution in [0.25, 0.3) is 0 Å². The SMILES string of the molecule is CCOCc1nc(N)cc(N2CCC(C)CC2)n1. The number of nitrogens with zero attached hydrogens (tertiary/aromatic N) is 3. The third-order valence-electron chi connectivity index (χ3n) is 3.32. The van der Waals surface area contributed by atoms with Crippen molar-refractivity contribution in [2.45, 2.75) is 33.3 Å². The Morgan fingerprint density at radius 3 is 2.78 bits per heavy atom. The van der Waals surface area contributed by atoms with Crippen molar-refractivity contribution in [1.29, 1.82) is 0 Å². The van der Waals surface area contributed by atoms with Gasteiger partial charge in [0.25, 0.3) is 0 Å². The number of nitrogen functional groups attached to an aromatic ring is 1. The van der Waals surface area contributed by atoms with Crippen LogP contribution in [-0.4, -0.2) is 29.7 Å². The lowest BCUT2D eigenvalue weighted by Gasteiger charge is -2.31. The van der Waals surface area contributed by atoms with Crippen LogP contribution in [0.15, 0.2) is 6.07 Å². The molecule has 0 atom stereocenters. The van der Waals surface area contributed by atoms with Crippen molar-refractivity contribution in [3.8, 4) is 0 Å². The van der Waals surface area contributed by atoms with Gasteiger partial charge in [0.2, 0.25) is 0 Å². The molecule has 0 saturated carbocycles. The normalized spacial score (nSPS) is 17.1. The van der Waals surface area contributed by atoms with Crippen molar-refractivity contribution in [1.82, 2.24) is 9.97 Å². The summed E-state index contributed by atoms with van der Waals surface area (Å²) in [6.07, 6.45) is 2.43. The van der Waals surface area contributed by atoms with E-state index in [9.17, 15) is 0 Å². The van der Waals surface area contributed by atoms with E-state index in [1.165, 1.54) is 12.8 Å². The van der Waals surface area contributed by atoms with Crippen LogP contribution in [-0.2, 0) is 11.3 Å². The number of rotatable bonds is 4. The van der Waals surface area contributed by atoms with Crippen molar-refractivity contribution in [2.75, 3.05) is 30.3 Å². The summed E-state index contributed by atoms with van der Waals surface area (Å²) in [5.41, 5.74) is 5.83. The first kappa shape index (κ1) is 13.1. The Kier molecular flexibility index (Phi) is 4.36. The molecule has 1 aromatic rings. The number of hydrogen-bond acceptors (Lipinski definition) is 5. The van der Waals surface area contributed by atoms with Gasteiger partial charge in [-0.15, -0.1) is 0 Å². The van der Waals surface area contributed by atoms with E-state index in [1.54, 1.807) is 0 Å². The maximum absolute atomic E-state index is 5.83. The van der Waals surface area contributed by atoms with E-state index < -0.39 is 0 Å². The van der Waals surface area contributed by atoms with Gasteiger partial charge in [-0.3, -0.25) is 0 Å². The minimum absolute atomic E-state index is 0.429. The van der Waals surface area contributed by atoms with Crippen LogP contribution < -0.4 is 10.6 Å². The second kappa shape index (κ2) is 6.00. The molecule has 100 valence electrons. The van der Waals surface area contributed by atoms with E-state index in [0.717, 1.165) is 24.8 Å². The summed E-state index contributed by atoms with van der Waals surface area (Å²) in [6, 6.07) is 1.85. The van der Waals surface area contributed by atoms with Crippen molar-refractivity contribution < 1.29 is 4.74 Å². The first-order valence-corrected chi connectivity index (χ1v) is 6.65. The monoisotopic (exact) mass is 250 g/mol. The van der Waals surface area contributed by atoms with Crippen LogP contribution in [0.5, 0.6) is 0 Å². The highest BCUT2D eigenvalue weighted by Crippen LogP contribution is 2.22. The Balaban J connectivity index is 2.09. The van der Waals surface area contributed by atoms with Crippen molar-refractivity contribution >= 4 is 11.6 Å². The van der Waals surface area contributed by atoms with E-state index in [4.69, 9.17) is 10.5 Å². The third-order valence-corrected chi connectivity index (χ3v) is 3.32. The van der Waals surface area contributed by atoms with Crippen molar-refractivity contribution in [3.63, 3.8) is 0 Å². The van der Waals surface area contributed by atoms with Gasteiger partial charge in [-0.05, 0) is 25.7 Å². The number of anilines is 2. The zero-order chi connectivity index (χ0) is 13.0. The van der Waals surface area contributed by atoms with Crippen molar-refractivity contribution in [2.24, 2.45) is 5.92 Å². The standard InChI is InChI=1S/C13H22N4O/c1-3-18-9-12-15-11(14)8-13(16-12)17-6-4-10(2)5-7-17/h8,10H,3-7,9H2,1-2H3,(H2,14,15,16). The number of aromatic nitrogens is 2. The maximum Gasteiger partial charge on any atom is 0.158 e. The van der Waals surface area contributed by atoms with Crippen LogP contribution in [0, 0.1) is 5.92 Å². The predicted molar refractivity (Wildman–Crippen MR) is 72.4 cm³/mol. The highest BCUT2D eigenvalue weighted by molar-refractivity contribution is 5.47. The highest BCUT2D eigenvalue weighted by atomic mass is 16.5. The molecule has 1 saturated heterocycles. The summed E-state index contributed by atoms with van der Waals surface area (Å²) >= 11 is 0. The summed E-state index contributed by atoms with van der Waals surface area (Å²) in [6.45, 7) is 7.44. The second-order valence-electron chi connectivity index (χ2n) is 4.87. The quantitative estimate of drug-likeness (QED) is 0.883. The van der Waals surface area contributed by atoms with Gasteiger partial charge in [-0.2, -0.15) is 0 Å². The molecule has 2 heterocycles. The molecule has 1 aromatic heterocycles. The number of ether oxygens (including phenoxy) is 1. The van der Waals surface area contributed by atoms with Gasteiger partial charge in [0.05, 0.1) is 0 Å². The van der Waals surface area contributed by atoms with E-state index in [1.807, 2.05) is 13.0 Å². The summed E-state index contributed by atoms with van der Waals surface area (Å²) in [5, 5.41) is 0. The molecule has 0 aliphatic carbocycles. The van der Waals surface area contributed by atoms with E-state index in [0.29, 0.717) is 24.9 Å². The Labute approximate surface area is 108 Å². The van der Waals surface area contributed by atoms with Crippen LogP contribution in [0.3, 0.4) is 0 Å².